The zero-order valence-corrected chi connectivity index (χ0v) is 27.0. The molecule has 0 bridgehead atoms. The maximum Gasteiger partial charge on any atom is 0.189 e. The van der Waals surface area contributed by atoms with Crippen LogP contribution in [0.25, 0.3) is 0 Å². The van der Waals surface area contributed by atoms with Crippen LogP contribution in [0.15, 0.2) is 115 Å². The molecule has 2 aromatic rings. The van der Waals surface area contributed by atoms with E-state index >= 15 is 0 Å². The summed E-state index contributed by atoms with van der Waals surface area (Å²) in [5.41, 5.74) is 5.70. The molecule has 2 heteroatoms. The molecular weight excluding hydrogens is 512 g/mol. The van der Waals surface area contributed by atoms with Gasteiger partial charge in [0.1, 0.15) is 5.75 Å². The average molecular weight is 569 g/mol. The molecule has 2 saturated carbocycles. The number of ether oxygens (including phenoxy) is 2. The number of allylic oxidation sites excluding steroid dienone is 6. The predicted octanol–water partition coefficient (Wildman–Crippen LogP) is 11.8. The quantitative estimate of drug-likeness (QED) is 0.123. The number of rotatable bonds is 10. The number of hydrogen-bond acceptors (Lipinski definition) is 2. The lowest BCUT2D eigenvalue weighted by molar-refractivity contribution is 0.0283. The highest BCUT2D eigenvalue weighted by Crippen LogP contribution is 2.45. The van der Waals surface area contributed by atoms with Gasteiger partial charge in [-0.2, -0.15) is 0 Å². The zero-order chi connectivity index (χ0) is 30.5. The highest BCUT2D eigenvalue weighted by Gasteiger charge is 2.35. The largest absolute Gasteiger partial charge is 0.468 e. The van der Waals surface area contributed by atoms with Crippen LogP contribution in [0.4, 0.5) is 0 Å². The fourth-order valence-electron chi connectivity index (χ4n) is 6.04. The van der Waals surface area contributed by atoms with E-state index in [0.29, 0.717) is 6.61 Å². The summed E-state index contributed by atoms with van der Waals surface area (Å²) in [6, 6.07) is 19.6. The topological polar surface area (TPSA) is 18.5 Å². The lowest BCUT2D eigenvalue weighted by Crippen LogP contribution is -2.30. The Bertz CT molecular complexity index is 1090. The molecule has 0 N–H and O–H groups in total. The molecule has 228 valence electrons. The zero-order valence-electron chi connectivity index (χ0n) is 27.0. The van der Waals surface area contributed by atoms with Gasteiger partial charge in [-0.1, -0.05) is 130 Å². The van der Waals surface area contributed by atoms with Gasteiger partial charge in [-0.05, 0) is 88.1 Å². The van der Waals surface area contributed by atoms with Gasteiger partial charge in [-0.15, -0.1) is 6.58 Å². The highest BCUT2D eigenvalue weighted by atomic mass is 16.7. The van der Waals surface area contributed by atoms with Crippen LogP contribution in [0.1, 0.15) is 109 Å². The van der Waals surface area contributed by atoms with Crippen LogP contribution < -0.4 is 4.74 Å². The average Bonchev–Trinajstić information content (AvgIpc) is 3.06. The Kier molecular flexibility index (Phi) is 17.3. The number of hydrogen-bond donors (Lipinski definition) is 0. The monoisotopic (exact) mass is 568 g/mol. The summed E-state index contributed by atoms with van der Waals surface area (Å²) in [5.74, 6) is 1.71. The lowest BCUT2D eigenvalue weighted by Gasteiger charge is -2.39. The van der Waals surface area contributed by atoms with Gasteiger partial charge in [-0.25, -0.2) is 0 Å². The molecule has 0 radical (unpaired) electrons. The Hall–Kier alpha value is -3.10. The van der Waals surface area contributed by atoms with Gasteiger partial charge in [0.15, 0.2) is 6.79 Å². The van der Waals surface area contributed by atoms with Crippen molar-refractivity contribution in [2.75, 3.05) is 13.4 Å². The van der Waals surface area contributed by atoms with Crippen LogP contribution in [-0.2, 0) is 10.2 Å². The van der Waals surface area contributed by atoms with Crippen molar-refractivity contribution in [1.82, 2.24) is 0 Å². The molecular formula is C40H56O2. The molecule has 42 heavy (non-hydrogen) atoms. The fourth-order valence-corrected chi connectivity index (χ4v) is 6.04. The van der Waals surface area contributed by atoms with Crippen LogP contribution >= 0.6 is 0 Å². The minimum Gasteiger partial charge on any atom is -0.468 e. The van der Waals surface area contributed by atoms with Crippen LogP contribution in [0.5, 0.6) is 5.75 Å². The molecule has 0 atom stereocenters. The van der Waals surface area contributed by atoms with Crippen molar-refractivity contribution in [3.63, 3.8) is 0 Å². The summed E-state index contributed by atoms with van der Waals surface area (Å²) >= 11 is 0. The van der Waals surface area contributed by atoms with E-state index in [4.69, 9.17) is 9.47 Å². The summed E-state index contributed by atoms with van der Waals surface area (Å²) in [6.45, 7) is 16.2. The van der Waals surface area contributed by atoms with Crippen molar-refractivity contribution in [2.24, 2.45) is 0 Å². The second-order valence-corrected chi connectivity index (χ2v) is 11.4. The molecule has 2 aromatic carbocycles. The van der Waals surface area contributed by atoms with E-state index in [-0.39, 0.29) is 12.2 Å². The summed E-state index contributed by atoms with van der Waals surface area (Å²) in [4.78, 5) is 0. The van der Waals surface area contributed by atoms with Crippen molar-refractivity contribution in [3.05, 3.63) is 126 Å². The maximum absolute atomic E-state index is 5.75. The van der Waals surface area contributed by atoms with Crippen molar-refractivity contribution in [3.8, 4) is 5.75 Å². The molecule has 0 amide bonds. The Morgan fingerprint density at radius 1 is 0.857 bits per heavy atom. The predicted molar refractivity (Wildman–Crippen MR) is 183 cm³/mol. The first-order valence-corrected chi connectivity index (χ1v) is 16.0. The van der Waals surface area contributed by atoms with Crippen molar-refractivity contribution in [1.29, 1.82) is 0 Å². The summed E-state index contributed by atoms with van der Waals surface area (Å²) < 4.78 is 11.4. The Balaban J connectivity index is 0.000000337. The Morgan fingerprint density at radius 3 is 2.05 bits per heavy atom. The van der Waals surface area contributed by atoms with E-state index in [0.717, 1.165) is 17.2 Å². The summed E-state index contributed by atoms with van der Waals surface area (Å²) in [6.07, 6.45) is 25.4. The Morgan fingerprint density at radius 2 is 1.48 bits per heavy atom. The van der Waals surface area contributed by atoms with Gasteiger partial charge in [0.25, 0.3) is 0 Å². The molecule has 4 rings (SSSR count). The van der Waals surface area contributed by atoms with Crippen LogP contribution in [0.3, 0.4) is 0 Å². The van der Waals surface area contributed by atoms with Crippen LogP contribution in [0, 0.1) is 0 Å². The SMILES string of the molecule is C=C/C(=C\C=C/C)COCOc1ccc(C2(/C(C)=C/C)CCCCC2)cc1.C=CC.c1ccc(C2CCCCC2)cc1. The second-order valence-electron chi connectivity index (χ2n) is 11.4. The lowest BCUT2D eigenvalue weighted by atomic mass is 9.65. The maximum atomic E-state index is 5.75. The van der Waals surface area contributed by atoms with Gasteiger partial charge >= 0.3 is 0 Å². The smallest absolute Gasteiger partial charge is 0.189 e. The van der Waals surface area contributed by atoms with E-state index in [2.05, 4.69) is 87.7 Å². The van der Waals surface area contributed by atoms with Gasteiger partial charge in [0.05, 0.1) is 6.61 Å². The van der Waals surface area contributed by atoms with E-state index in [1.807, 2.05) is 38.2 Å². The third kappa shape index (κ3) is 11.6. The molecule has 0 aliphatic heterocycles. The van der Waals surface area contributed by atoms with Crippen LogP contribution in [-0.4, -0.2) is 13.4 Å². The molecule has 2 aliphatic carbocycles. The van der Waals surface area contributed by atoms with E-state index in [1.165, 1.54) is 75.3 Å². The molecule has 0 heterocycles. The number of benzene rings is 2. The fraction of sp³-hybridized carbons (Fsp3) is 0.450. The van der Waals surface area contributed by atoms with E-state index in [1.54, 1.807) is 11.6 Å². The molecule has 2 aliphatic rings. The van der Waals surface area contributed by atoms with E-state index < -0.39 is 0 Å². The summed E-state index contributed by atoms with van der Waals surface area (Å²) in [7, 11) is 0. The van der Waals surface area contributed by atoms with Gasteiger partial charge in [-0.3, -0.25) is 0 Å². The van der Waals surface area contributed by atoms with Crippen LogP contribution in [0.2, 0.25) is 0 Å². The minimum absolute atomic E-state index is 0.207. The molecule has 2 nitrogen and oxygen atoms in total. The first kappa shape index (κ1) is 35.1. The standard InChI is InChI=1S/C25H34O2.C12H16.C3H6/c1-5-8-12-22(7-3)19-26-20-27-24-15-13-23(14-16-24)25(21(4)6-2)17-10-9-11-18-25;1-3-7-11(8-4-1)12-9-5-2-6-10-12;1-3-2/h5-8,12-16H,3,9-11,17-20H2,1-2,4H3;1,3-4,7-8,12H,2,5-6,9-10H2;3H,1H2,2H3/b8-5-,21-6+,22-12+;;. The van der Waals surface area contributed by atoms with Crippen molar-refractivity contribution >= 4 is 0 Å². The van der Waals surface area contributed by atoms with Gasteiger partial charge in [0.2, 0.25) is 0 Å². The third-order valence-corrected chi connectivity index (χ3v) is 8.52. The molecule has 0 spiro atoms. The van der Waals surface area contributed by atoms with Gasteiger partial charge in [0, 0.05) is 5.41 Å². The highest BCUT2D eigenvalue weighted by molar-refractivity contribution is 5.39. The normalized spacial score (nSPS) is 17.3. The molecule has 0 unspecified atom stereocenters. The minimum atomic E-state index is 0.207. The van der Waals surface area contributed by atoms with Gasteiger partial charge < -0.3 is 9.47 Å². The first-order valence-electron chi connectivity index (χ1n) is 16.0. The molecule has 0 aromatic heterocycles. The molecule has 2 fully saturated rings. The summed E-state index contributed by atoms with van der Waals surface area (Å²) in [5, 5.41) is 0. The molecule has 0 saturated heterocycles. The Labute approximate surface area is 257 Å². The van der Waals surface area contributed by atoms with Crippen molar-refractivity contribution < 1.29 is 9.47 Å². The van der Waals surface area contributed by atoms with E-state index in [9.17, 15) is 0 Å². The third-order valence-electron chi connectivity index (χ3n) is 8.52. The first-order chi connectivity index (χ1) is 20.5. The van der Waals surface area contributed by atoms with Crippen molar-refractivity contribution in [2.45, 2.75) is 103 Å². The second kappa shape index (κ2) is 20.7.